The molecule has 8 aliphatic rings. The van der Waals surface area contributed by atoms with Gasteiger partial charge in [0.1, 0.15) is 11.9 Å². The summed E-state index contributed by atoms with van der Waals surface area (Å²) in [6.07, 6.45) is 6.59. The van der Waals surface area contributed by atoms with Crippen LogP contribution in [0, 0.1) is 5.92 Å². The summed E-state index contributed by atoms with van der Waals surface area (Å²) in [6.45, 7) is 1.15. The normalized spacial score (nSPS) is 40.1. The van der Waals surface area contributed by atoms with Crippen molar-refractivity contribution in [1.82, 2.24) is 9.80 Å². The number of ether oxygens (including phenoxy) is 3. The van der Waals surface area contributed by atoms with E-state index in [1.54, 1.807) is 6.07 Å². The number of aliphatic hydroxyl groups is 2. The molecule has 4 aliphatic heterocycles. The van der Waals surface area contributed by atoms with Gasteiger partial charge in [-0.1, -0.05) is 29.4 Å². The van der Waals surface area contributed by atoms with Crippen molar-refractivity contribution in [3.8, 4) is 17.2 Å². The lowest BCUT2D eigenvalue weighted by molar-refractivity contribution is -0.163. The summed E-state index contributed by atoms with van der Waals surface area (Å²) in [5.41, 5.74) is 3.69. The molecule has 3 N–H and O–H groups in total. The van der Waals surface area contributed by atoms with Crippen LogP contribution in [-0.2, 0) is 44.6 Å². The molecule has 3 unspecified atom stereocenters. The molecule has 4 heterocycles. The molecule has 4 aliphatic carbocycles. The third kappa shape index (κ3) is 3.38. The molecule has 0 radical (unpaired) electrons. The molecule has 3 fully saturated rings. The molecule has 0 aromatic heterocycles. The number of hydrogen-bond donors (Lipinski definition) is 3. The summed E-state index contributed by atoms with van der Waals surface area (Å²) in [6, 6.07) is 7.96. The second kappa shape index (κ2) is 9.74. The second-order valence-corrected chi connectivity index (χ2v) is 15.3. The summed E-state index contributed by atoms with van der Waals surface area (Å²) in [5, 5.41) is 37.9. The van der Waals surface area contributed by atoms with Gasteiger partial charge in [-0.25, -0.2) is 4.79 Å². The molecular weight excluding hydrogens is 614 g/mol. The van der Waals surface area contributed by atoms with Gasteiger partial charge in [0.05, 0.1) is 23.3 Å². The Morgan fingerprint density at radius 2 is 1.81 bits per heavy atom. The Labute approximate surface area is 278 Å². The van der Waals surface area contributed by atoms with Crippen molar-refractivity contribution in [1.29, 1.82) is 0 Å². The van der Waals surface area contributed by atoms with Gasteiger partial charge in [0.2, 0.25) is 6.61 Å². The number of nitrogens with zero attached hydrogens (tertiary/aromatic N) is 3. The first-order valence-electron chi connectivity index (χ1n) is 17.4. The highest BCUT2D eigenvalue weighted by molar-refractivity contribution is 5.94. The highest BCUT2D eigenvalue weighted by Gasteiger charge is 2.72. The first-order valence-corrected chi connectivity index (χ1v) is 17.4. The Kier molecular flexibility index (Phi) is 5.95. The lowest BCUT2D eigenvalue weighted by Gasteiger charge is -2.62. The molecule has 2 saturated heterocycles. The Bertz CT molecular complexity index is 1830. The number of likely N-dealkylation sites (N-methyl/N-ethyl adjacent to an activating group) is 2. The summed E-state index contributed by atoms with van der Waals surface area (Å²) in [5.74, 6) is 0.942. The molecule has 2 spiro atoms. The second-order valence-electron chi connectivity index (χ2n) is 15.3. The number of carbonyl (C=O) groups excluding carboxylic acids is 1. The van der Waals surface area contributed by atoms with E-state index in [1.807, 2.05) is 18.2 Å². The van der Waals surface area contributed by atoms with E-state index in [4.69, 9.17) is 19.0 Å². The summed E-state index contributed by atoms with van der Waals surface area (Å²) in [4.78, 5) is 23.7. The van der Waals surface area contributed by atoms with Crippen molar-refractivity contribution in [3.63, 3.8) is 0 Å². The van der Waals surface area contributed by atoms with Gasteiger partial charge >= 0.3 is 5.97 Å². The predicted octanol–water partition coefficient (Wildman–Crippen LogP) is 2.10. The van der Waals surface area contributed by atoms with Gasteiger partial charge in [-0.2, -0.15) is 0 Å². The number of phenolic OH excluding ortho intramolecular Hbond substituents is 1. The van der Waals surface area contributed by atoms with E-state index in [0.717, 1.165) is 49.0 Å². The molecule has 11 heteroatoms. The fourth-order valence-corrected chi connectivity index (χ4v) is 11.5. The van der Waals surface area contributed by atoms with Crippen LogP contribution in [0.2, 0.25) is 0 Å². The van der Waals surface area contributed by atoms with E-state index >= 15 is 0 Å². The first-order chi connectivity index (χ1) is 23.2. The summed E-state index contributed by atoms with van der Waals surface area (Å²) >= 11 is 0. The molecule has 0 amide bonds. The van der Waals surface area contributed by atoms with Gasteiger partial charge in [0.25, 0.3) is 0 Å². The number of rotatable bonds is 5. The van der Waals surface area contributed by atoms with Crippen LogP contribution in [0.1, 0.15) is 53.5 Å². The van der Waals surface area contributed by atoms with E-state index in [0.29, 0.717) is 48.1 Å². The fourth-order valence-electron chi connectivity index (χ4n) is 11.5. The minimum absolute atomic E-state index is 0.0539. The van der Waals surface area contributed by atoms with Crippen molar-refractivity contribution in [2.75, 3.05) is 33.8 Å². The van der Waals surface area contributed by atoms with Crippen molar-refractivity contribution in [2.24, 2.45) is 11.1 Å². The Morgan fingerprint density at radius 1 is 1.00 bits per heavy atom. The largest absolute Gasteiger partial charge is 0.504 e. The molecule has 4 bridgehead atoms. The highest BCUT2D eigenvalue weighted by Crippen LogP contribution is 2.65. The number of oxime groups is 1. The number of hydrogen-bond acceptors (Lipinski definition) is 11. The van der Waals surface area contributed by atoms with Gasteiger partial charge in [0.15, 0.2) is 23.7 Å². The lowest BCUT2D eigenvalue weighted by Crippen LogP contribution is -2.76. The average molecular weight is 656 g/mol. The number of esters is 1. The third-order valence-electron chi connectivity index (χ3n) is 13.6. The van der Waals surface area contributed by atoms with Crippen LogP contribution in [0.4, 0.5) is 0 Å². The number of carbonyl (C=O) groups is 1. The van der Waals surface area contributed by atoms with E-state index in [1.165, 1.54) is 5.56 Å². The molecule has 2 aromatic carbocycles. The number of phenols is 1. The fraction of sp³-hybridized carbons (Fsp3) is 0.568. The van der Waals surface area contributed by atoms with E-state index in [9.17, 15) is 20.1 Å². The van der Waals surface area contributed by atoms with Gasteiger partial charge in [-0.15, -0.1) is 0 Å². The monoisotopic (exact) mass is 655 g/mol. The number of piperidine rings is 2. The Balaban J connectivity index is 0.908. The lowest BCUT2D eigenvalue weighted by atomic mass is 9.49. The minimum Gasteiger partial charge on any atom is -0.504 e. The third-order valence-corrected chi connectivity index (χ3v) is 13.6. The minimum atomic E-state index is -1.02. The quantitative estimate of drug-likeness (QED) is 0.250. The summed E-state index contributed by atoms with van der Waals surface area (Å²) in [7, 11) is 4.24. The SMILES string of the molecule is CN1CC[C@]23c4c5ccc(O)c4OC2C(OC(=O)CON=C2CC[C@@]4(O)[C@H]6Cc7ccc(CO)c8c7[C@@]4(CCN6C)C2O8)C=C[C@H]3[C@H]1C5. The predicted molar refractivity (Wildman–Crippen MR) is 172 cm³/mol. The van der Waals surface area contributed by atoms with Crippen LogP contribution in [0.15, 0.2) is 41.6 Å². The maximum Gasteiger partial charge on any atom is 0.347 e. The van der Waals surface area contributed by atoms with Crippen molar-refractivity contribution < 1.29 is 39.2 Å². The standard InChI is InChI=1S/C37H41N3O8/c1-39-13-11-35-22-6-8-26(34(35)48-32-25(42)7-5-19(29(32)35)15-24(22)39)46-28(43)18-45-38-23-9-10-37(44)27-16-20-3-4-21(17-41)31-30(20)36(37,33(23)47-31)12-14-40(27)2/h3-8,22,24,26-27,33-34,41-42,44H,9-18H2,1-2H3/t22-,24+,26?,27+,33?,34?,35-,36-,37+/m0/s1. The van der Waals surface area contributed by atoms with E-state index in [-0.39, 0.29) is 36.3 Å². The number of likely N-dealkylation sites (tertiary alicyclic amines) is 2. The molecule has 2 aromatic rings. The molecule has 9 atom stereocenters. The number of benzene rings is 2. The van der Waals surface area contributed by atoms with Crippen LogP contribution < -0.4 is 9.47 Å². The summed E-state index contributed by atoms with van der Waals surface area (Å²) < 4.78 is 19.2. The highest BCUT2D eigenvalue weighted by atomic mass is 16.7. The molecule has 10 rings (SSSR count). The van der Waals surface area contributed by atoms with Crippen LogP contribution in [0.25, 0.3) is 0 Å². The molecule has 252 valence electrons. The van der Waals surface area contributed by atoms with Crippen LogP contribution >= 0.6 is 0 Å². The van der Waals surface area contributed by atoms with Crippen LogP contribution in [-0.4, -0.2) is 107 Å². The van der Waals surface area contributed by atoms with E-state index < -0.39 is 35.3 Å². The smallest absolute Gasteiger partial charge is 0.347 e. The van der Waals surface area contributed by atoms with Gasteiger partial charge in [0, 0.05) is 40.1 Å². The van der Waals surface area contributed by atoms with Crippen molar-refractivity contribution in [3.05, 3.63) is 64.2 Å². The molecule has 48 heavy (non-hydrogen) atoms. The molecule has 1 saturated carbocycles. The van der Waals surface area contributed by atoms with Crippen molar-refractivity contribution in [2.45, 2.75) is 92.0 Å². The maximum absolute atomic E-state index is 13.4. The Morgan fingerprint density at radius 3 is 2.67 bits per heavy atom. The Hall–Kier alpha value is -3.64. The zero-order valence-electron chi connectivity index (χ0n) is 27.2. The van der Waals surface area contributed by atoms with Gasteiger partial charge in [-0.3, -0.25) is 0 Å². The maximum atomic E-state index is 13.4. The van der Waals surface area contributed by atoms with Gasteiger partial charge in [-0.05, 0) is 89.0 Å². The topological polar surface area (TPSA) is 134 Å². The first kappa shape index (κ1) is 29.3. The molecular formula is C37H41N3O8. The molecule has 11 nitrogen and oxygen atoms in total. The van der Waals surface area contributed by atoms with Crippen LogP contribution in [0.5, 0.6) is 17.2 Å². The van der Waals surface area contributed by atoms with Crippen LogP contribution in [0.3, 0.4) is 0 Å². The zero-order chi connectivity index (χ0) is 32.7. The number of aromatic hydroxyl groups is 1. The van der Waals surface area contributed by atoms with E-state index in [2.05, 4.69) is 41.2 Å². The number of aliphatic hydroxyl groups excluding tert-OH is 1. The zero-order valence-corrected chi connectivity index (χ0v) is 27.2. The average Bonchev–Trinajstić information content (AvgIpc) is 3.62. The van der Waals surface area contributed by atoms with Gasteiger partial charge < -0.3 is 44.2 Å². The van der Waals surface area contributed by atoms with Crippen molar-refractivity contribution >= 4 is 11.7 Å².